The van der Waals surface area contributed by atoms with Gasteiger partial charge < -0.3 is 21.9 Å². The topological polar surface area (TPSA) is 162 Å². The van der Waals surface area contributed by atoms with Crippen LogP contribution in [0.15, 0.2) is 113 Å². The van der Waals surface area contributed by atoms with Gasteiger partial charge in [-0.05, 0) is 104 Å². The van der Waals surface area contributed by atoms with E-state index in [0.717, 1.165) is 35.4 Å². The number of hydrogen-bond donors (Lipinski definition) is 4. The number of carbonyl (C=O) groups excluding carboxylic acids is 1. The summed E-state index contributed by atoms with van der Waals surface area (Å²) in [5, 5.41) is 12.8. The molecule has 5 aromatic carbocycles. The molecule has 0 aliphatic heterocycles. The fourth-order valence-corrected chi connectivity index (χ4v) is 5.51. The molecule has 10 nitrogen and oxygen atoms in total. The van der Waals surface area contributed by atoms with Crippen LogP contribution in [0.4, 0.5) is 24.5 Å². The van der Waals surface area contributed by atoms with Crippen molar-refractivity contribution in [2.24, 2.45) is 7.05 Å². The summed E-state index contributed by atoms with van der Waals surface area (Å²) < 4.78 is 41.1. The third kappa shape index (κ3) is 9.88. The first-order valence-electron chi connectivity index (χ1n) is 16.0. The van der Waals surface area contributed by atoms with Crippen molar-refractivity contribution in [1.82, 2.24) is 14.5 Å². The molecule has 0 aliphatic carbocycles. The van der Waals surface area contributed by atoms with Gasteiger partial charge in [0.05, 0.1) is 34.1 Å². The van der Waals surface area contributed by atoms with E-state index in [2.05, 4.69) is 5.32 Å². The minimum Gasteiger partial charge on any atom is -0.478 e. The van der Waals surface area contributed by atoms with Gasteiger partial charge in [-0.2, -0.15) is 0 Å². The molecule has 6 aromatic rings. The van der Waals surface area contributed by atoms with Gasteiger partial charge >= 0.3 is 11.7 Å². The van der Waals surface area contributed by atoms with Gasteiger partial charge in [0.15, 0.2) is 0 Å². The summed E-state index contributed by atoms with van der Waals surface area (Å²) in [5.41, 5.74) is 12.1. The lowest BCUT2D eigenvalue weighted by Gasteiger charge is -2.17. The van der Waals surface area contributed by atoms with Crippen molar-refractivity contribution in [1.29, 1.82) is 0 Å². The number of amides is 1. The predicted molar refractivity (Wildman–Crippen MR) is 205 cm³/mol. The molecule has 280 valence electrons. The first-order chi connectivity index (χ1) is 25.5. The van der Waals surface area contributed by atoms with Crippen LogP contribution in [0.3, 0.4) is 0 Å². The van der Waals surface area contributed by atoms with Gasteiger partial charge in [0.2, 0.25) is 0 Å². The van der Waals surface area contributed by atoms with Crippen LogP contribution in [0, 0.1) is 17.5 Å². The minimum atomic E-state index is -1.15. The predicted octanol–water partition coefficient (Wildman–Crippen LogP) is 7.76. The number of carbonyl (C=O) groups is 2. The molecule has 0 unspecified atom stereocenters. The number of anilines is 2. The first-order valence-corrected chi connectivity index (χ1v) is 16.8. The fraction of sp³-hybridized carbons (Fsp3) is 0.128. The van der Waals surface area contributed by atoms with Gasteiger partial charge in [-0.25, -0.2) is 22.8 Å². The number of aromatic carboxylic acids is 1. The third-order valence-corrected chi connectivity index (χ3v) is 8.73. The molecule has 2 atom stereocenters. The number of nitrogens with one attached hydrogen (secondary N) is 1. The summed E-state index contributed by atoms with van der Waals surface area (Å²) in [7, 11) is 1.52. The molecule has 0 fully saturated rings. The van der Waals surface area contributed by atoms with Crippen molar-refractivity contribution in [3.63, 3.8) is 0 Å². The number of benzene rings is 5. The number of fused-ring (bicyclic) bond motifs is 1. The Bertz CT molecular complexity index is 2440. The van der Waals surface area contributed by atoms with E-state index < -0.39 is 40.7 Å². The molecule has 1 amide bonds. The number of aryl methyl sites for hydroxylation is 1. The highest BCUT2D eigenvalue weighted by atomic mass is 35.5. The number of nitrogens with two attached hydrogens (primary N) is 2. The zero-order valence-corrected chi connectivity index (χ0v) is 30.5. The average Bonchev–Trinajstić information content (AvgIpc) is 3.11. The molecular weight excluding hydrogens is 746 g/mol. The summed E-state index contributed by atoms with van der Waals surface area (Å²) >= 11 is 11.7. The number of carboxylic acids is 1. The van der Waals surface area contributed by atoms with Crippen molar-refractivity contribution >= 4 is 57.4 Å². The van der Waals surface area contributed by atoms with Gasteiger partial charge in [-0.1, -0.05) is 47.5 Å². The fourth-order valence-electron chi connectivity index (χ4n) is 5.25. The normalized spacial score (nSPS) is 11.7. The van der Waals surface area contributed by atoms with Crippen molar-refractivity contribution in [2.75, 3.05) is 11.5 Å². The lowest BCUT2D eigenvalue weighted by atomic mass is 10.1. The molecule has 6 rings (SSSR count). The molecule has 15 heteroatoms. The van der Waals surface area contributed by atoms with Crippen molar-refractivity contribution in [2.45, 2.75) is 25.9 Å². The largest absolute Gasteiger partial charge is 0.478 e. The molecule has 0 saturated carbocycles. The molecule has 1 aromatic heterocycles. The van der Waals surface area contributed by atoms with Gasteiger partial charge in [-0.15, -0.1) is 0 Å². The van der Waals surface area contributed by atoms with Crippen molar-refractivity contribution in [3.05, 3.63) is 174 Å². The van der Waals surface area contributed by atoms with E-state index in [1.165, 1.54) is 46.5 Å². The molecule has 0 aliphatic rings. The number of hydrogen-bond acceptors (Lipinski definition) is 6. The maximum atomic E-state index is 13.4. The summed E-state index contributed by atoms with van der Waals surface area (Å²) in [6.45, 7) is 3.61. The number of halogens is 5. The van der Waals surface area contributed by atoms with E-state index >= 15 is 0 Å². The molecule has 54 heavy (non-hydrogen) atoms. The molecule has 0 bridgehead atoms. The van der Waals surface area contributed by atoms with Gasteiger partial charge in [0.25, 0.3) is 11.5 Å². The second-order valence-electron chi connectivity index (χ2n) is 11.9. The number of nitrogen functional groups attached to an aromatic ring is 2. The van der Waals surface area contributed by atoms with Crippen molar-refractivity contribution in [3.8, 4) is 0 Å². The van der Waals surface area contributed by atoms with Gasteiger partial charge in [0, 0.05) is 28.5 Å². The van der Waals surface area contributed by atoms with Crippen molar-refractivity contribution < 1.29 is 27.9 Å². The van der Waals surface area contributed by atoms with E-state index in [1.807, 2.05) is 19.1 Å². The van der Waals surface area contributed by atoms with Crippen LogP contribution in [0.25, 0.3) is 10.9 Å². The van der Waals surface area contributed by atoms with E-state index in [4.69, 9.17) is 39.8 Å². The van der Waals surface area contributed by atoms with E-state index in [0.29, 0.717) is 15.4 Å². The first kappa shape index (κ1) is 40.7. The summed E-state index contributed by atoms with van der Waals surface area (Å²) in [4.78, 5) is 47.7. The number of nitrogens with zero attached hydrogens (tertiary/aromatic N) is 2. The molecule has 1 heterocycles. The standard InChI is InChI=1S/C17H14ClFN2O2.C15H14ClFN2O.C7H6FNO2/c1-10(11-3-5-12(18)6-4-11)21-16(22)14-8-7-13(19)9-15(14)20(2)17(21)23;1-9(10-2-4-11(16)5-3-10)19-15(20)13-7-6-12(17)8-14(13)18;8-4-1-2-5(7(10)11)6(9)3-4/h3-10H,1-2H3;2-9H,18H2,1H3,(H,19,20);1-3H,9H2,(H,10,11)/t10-;9-;/m11./s1. The Hall–Kier alpha value is -6.05. The zero-order valence-electron chi connectivity index (χ0n) is 29.0. The Morgan fingerprint density at radius 1 is 0.704 bits per heavy atom. The van der Waals surface area contributed by atoms with Crippen LogP contribution in [0.2, 0.25) is 10.0 Å². The molecule has 6 N–H and O–H groups in total. The van der Waals surface area contributed by atoms with Crippen LogP contribution < -0.4 is 28.0 Å². The minimum absolute atomic E-state index is 0.0579. The van der Waals surface area contributed by atoms with Crippen LogP contribution in [-0.4, -0.2) is 26.1 Å². The molecule has 0 spiro atoms. The third-order valence-electron chi connectivity index (χ3n) is 8.22. The maximum Gasteiger partial charge on any atom is 0.337 e. The van der Waals surface area contributed by atoms with E-state index in [1.54, 1.807) is 43.3 Å². The monoisotopic (exact) mass is 779 g/mol. The second kappa shape index (κ2) is 17.6. The Labute approximate surface area is 317 Å². The summed E-state index contributed by atoms with van der Waals surface area (Å²) in [6.07, 6.45) is 0. The Morgan fingerprint density at radius 2 is 1.17 bits per heavy atom. The highest BCUT2D eigenvalue weighted by molar-refractivity contribution is 6.30. The molecular formula is C39H34Cl2F3N5O5. The lowest BCUT2D eigenvalue weighted by molar-refractivity contribution is 0.0697. The quantitative estimate of drug-likeness (QED) is 0.126. The van der Waals surface area contributed by atoms with Crippen LogP contribution in [0.1, 0.15) is 57.8 Å². The summed E-state index contributed by atoms with van der Waals surface area (Å²) in [5.74, 6) is -2.99. The SMILES string of the molecule is C[C@@H](NC(=O)c1ccc(F)cc1N)c1ccc(Cl)cc1.C[C@H](c1ccc(Cl)cc1)n1c(=O)c2ccc(F)cc2n(C)c1=O.Nc1cc(F)ccc1C(=O)O. The number of rotatable bonds is 6. The number of aromatic nitrogens is 2. The van der Waals surface area contributed by atoms with Crippen LogP contribution in [0.5, 0.6) is 0 Å². The van der Waals surface area contributed by atoms with Gasteiger partial charge in [0.1, 0.15) is 17.5 Å². The molecule has 0 saturated heterocycles. The van der Waals surface area contributed by atoms with Crippen LogP contribution in [-0.2, 0) is 7.05 Å². The smallest absolute Gasteiger partial charge is 0.337 e. The van der Waals surface area contributed by atoms with E-state index in [9.17, 15) is 32.3 Å². The maximum absolute atomic E-state index is 13.4. The highest BCUT2D eigenvalue weighted by Gasteiger charge is 2.18. The second-order valence-corrected chi connectivity index (χ2v) is 12.8. The van der Waals surface area contributed by atoms with Gasteiger partial charge in [-0.3, -0.25) is 18.7 Å². The molecule has 0 radical (unpaired) electrons. The van der Waals surface area contributed by atoms with E-state index in [-0.39, 0.29) is 40.0 Å². The zero-order chi connectivity index (χ0) is 39.9. The average molecular weight is 781 g/mol. The Balaban J connectivity index is 0.000000192. The number of carboxylic acid groups (broad SMARTS) is 1. The highest BCUT2D eigenvalue weighted by Crippen LogP contribution is 2.21. The van der Waals surface area contributed by atoms with Crippen LogP contribution >= 0.6 is 23.2 Å². The Kier molecular flexibility index (Phi) is 13.3. The summed E-state index contributed by atoms with van der Waals surface area (Å²) in [6, 6.07) is 24.1. The Morgan fingerprint density at radius 3 is 1.67 bits per heavy atom. The lowest BCUT2D eigenvalue weighted by Crippen LogP contribution is -2.41.